The van der Waals surface area contributed by atoms with Crippen LogP contribution in [-0.4, -0.2) is 14.2 Å². The van der Waals surface area contributed by atoms with E-state index in [0.29, 0.717) is 0 Å². The van der Waals surface area contributed by atoms with Crippen molar-refractivity contribution in [2.45, 2.75) is 0 Å². The molecule has 3 rings (SSSR count). The summed E-state index contributed by atoms with van der Waals surface area (Å²) < 4.78 is 11.2. The van der Waals surface area contributed by atoms with Crippen LogP contribution in [0.15, 0.2) is 42.5 Å². The topological polar surface area (TPSA) is 18.5 Å². The predicted molar refractivity (Wildman–Crippen MR) is 79.0 cm³/mol. The first-order chi connectivity index (χ1) is 9.26. The van der Waals surface area contributed by atoms with Crippen LogP contribution in [0.5, 0.6) is 11.5 Å². The fourth-order valence-electron chi connectivity index (χ4n) is 2.59. The maximum Gasteiger partial charge on any atom is 0.134 e. The number of hydrogen-bond acceptors (Lipinski definition) is 2. The van der Waals surface area contributed by atoms with Gasteiger partial charge in [-0.1, -0.05) is 36.4 Å². The van der Waals surface area contributed by atoms with E-state index in [2.05, 4.69) is 6.92 Å². The molecule has 1 radical (unpaired) electrons. The van der Waals surface area contributed by atoms with Gasteiger partial charge in [0.15, 0.2) is 0 Å². The maximum atomic E-state index is 5.61. The number of rotatable bonds is 2. The van der Waals surface area contributed by atoms with Crippen LogP contribution in [0.2, 0.25) is 0 Å². The minimum atomic E-state index is 0.872. The molecule has 0 atom stereocenters. The van der Waals surface area contributed by atoms with Gasteiger partial charge >= 0.3 is 0 Å². The van der Waals surface area contributed by atoms with Gasteiger partial charge in [-0.2, -0.15) is 0 Å². The van der Waals surface area contributed by atoms with E-state index < -0.39 is 0 Å². The van der Waals surface area contributed by atoms with Gasteiger partial charge in [0.25, 0.3) is 0 Å². The molecule has 95 valence electrons. The van der Waals surface area contributed by atoms with Gasteiger partial charge in [0, 0.05) is 21.5 Å². The van der Waals surface area contributed by atoms with Gasteiger partial charge in [-0.25, -0.2) is 0 Å². The Morgan fingerprint density at radius 1 is 0.737 bits per heavy atom. The molecule has 3 aromatic carbocycles. The van der Waals surface area contributed by atoms with Crippen molar-refractivity contribution in [2.75, 3.05) is 14.2 Å². The molecule has 0 aliphatic heterocycles. The summed E-state index contributed by atoms with van der Waals surface area (Å²) in [5.74, 6) is 1.75. The highest BCUT2D eigenvalue weighted by Crippen LogP contribution is 2.42. The molecular weight excluding hydrogens is 236 g/mol. The fraction of sp³-hybridized carbons (Fsp3) is 0.118. The lowest BCUT2D eigenvalue weighted by Crippen LogP contribution is -1.93. The van der Waals surface area contributed by atoms with E-state index in [9.17, 15) is 0 Å². The zero-order valence-corrected chi connectivity index (χ0v) is 11.1. The highest BCUT2D eigenvalue weighted by Gasteiger charge is 2.14. The quantitative estimate of drug-likeness (QED) is 0.636. The Balaban J connectivity index is 2.60. The Hall–Kier alpha value is -2.22. The smallest absolute Gasteiger partial charge is 0.134 e. The van der Waals surface area contributed by atoms with Crippen LogP contribution >= 0.6 is 0 Å². The predicted octanol–water partition coefficient (Wildman–Crippen LogP) is 4.19. The zero-order valence-electron chi connectivity index (χ0n) is 11.1. The summed E-state index contributed by atoms with van der Waals surface area (Å²) in [4.78, 5) is 0. The fourth-order valence-corrected chi connectivity index (χ4v) is 2.59. The molecule has 0 spiro atoms. The third-order valence-corrected chi connectivity index (χ3v) is 3.40. The molecule has 19 heavy (non-hydrogen) atoms. The molecule has 2 heteroatoms. The molecule has 0 aliphatic rings. The summed E-state index contributed by atoms with van der Waals surface area (Å²) in [6.07, 6.45) is 0. The SMILES string of the molecule is [CH2]c1ccc2c(OC)c3ccccc3c(OC)c2c1. The lowest BCUT2D eigenvalue weighted by molar-refractivity contribution is 0.417. The largest absolute Gasteiger partial charge is 0.495 e. The minimum absolute atomic E-state index is 0.872. The summed E-state index contributed by atoms with van der Waals surface area (Å²) in [6, 6.07) is 14.2. The van der Waals surface area contributed by atoms with E-state index in [1.54, 1.807) is 14.2 Å². The van der Waals surface area contributed by atoms with Crippen molar-refractivity contribution >= 4 is 21.5 Å². The van der Waals surface area contributed by atoms with E-state index in [1.165, 1.54) is 0 Å². The molecule has 3 aromatic rings. The van der Waals surface area contributed by atoms with Crippen LogP contribution in [0.1, 0.15) is 5.56 Å². The Kier molecular flexibility index (Phi) is 2.79. The Labute approximate surface area is 112 Å². The number of benzene rings is 3. The first-order valence-electron chi connectivity index (χ1n) is 6.14. The van der Waals surface area contributed by atoms with Gasteiger partial charge < -0.3 is 9.47 Å². The van der Waals surface area contributed by atoms with Gasteiger partial charge in [0.2, 0.25) is 0 Å². The molecule has 0 bridgehead atoms. The van der Waals surface area contributed by atoms with Gasteiger partial charge in [-0.3, -0.25) is 0 Å². The van der Waals surface area contributed by atoms with E-state index in [4.69, 9.17) is 9.47 Å². The molecule has 0 heterocycles. The molecule has 0 unspecified atom stereocenters. The Bertz CT molecular complexity index is 760. The number of ether oxygens (including phenoxy) is 2. The number of fused-ring (bicyclic) bond motifs is 2. The average Bonchev–Trinajstić information content (AvgIpc) is 2.44. The summed E-state index contributed by atoms with van der Waals surface area (Å²) in [5, 5.41) is 4.20. The molecule has 0 saturated heterocycles. The summed E-state index contributed by atoms with van der Waals surface area (Å²) in [7, 11) is 3.40. The first kappa shape index (κ1) is 11.8. The third-order valence-electron chi connectivity index (χ3n) is 3.40. The van der Waals surface area contributed by atoms with Crippen LogP contribution in [0.25, 0.3) is 21.5 Å². The monoisotopic (exact) mass is 251 g/mol. The van der Waals surface area contributed by atoms with Crippen LogP contribution in [-0.2, 0) is 0 Å². The van der Waals surface area contributed by atoms with Gasteiger partial charge in [0.1, 0.15) is 11.5 Å². The normalized spacial score (nSPS) is 10.9. The van der Waals surface area contributed by atoms with Gasteiger partial charge in [0.05, 0.1) is 14.2 Å². The molecule has 0 aliphatic carbocycles. The standard InChI is InChI=1S/C17H15O2/c1-11-8-9-14-15(10-11)17(19-3)13-7-5-4-6-12(13)16(14)18-2/h4-10H,1H2,2-3H3. The highest BCUT2D eigenvalue weighted by atomic mass is 16.5. The second-order valence-electron chi connectivity index (χ2n) is 4.49. The highest BCUT2D eigenvalue weighted by molar-refractivity contribution is 6.11. The Morgan fingerprint density at radius 2 is 1.26 bits per heavy atom. The molecule has 0 amide bonds. The molecule has 0 aromatic heterocycles. The van der Waals surface area contributed by atoms with Crippen molar-refractivity contribution in [1.29, 1.82) is 0 Å². The van der Waals surface area contributed by atoms with Crippen molar-refractivity contribution in [3.05, 3.63) is 55.0 Å². The lowest BCUT2D eigenvalue weighted by Gasteiger charge is -2.15. The second kappa shape index (κ2) is 4.47. The van der Waals surface area contributed by atoms with Crippen LogP contribution in [0.3, 0.4) is 0 Å². The van der Waals surface area contributed by atoms with E-state index in [1.807, 2.05) is 42.5 Å². The number of hydrogen-bond donors (Lipinski definition) is 0. The van der Waals surface area contributed by atoms with Crippen molar-refractivity contribution in [3.63, 3.8) is 0 Å². The number of methoxy groups -OCH3 is 2. The zero-order chi connectivity index (χ0) is 13.4. The third kappa shape index (κ3) is 1.72. The summed E-state index contributed by atoms with van der Waals surface area (Å²) in [6.45, 7) is 3.99. The maximum absolute atomic E-state index is 5.61. The molecular formula is C17H15O2. The second-order valence-corrected chi connectivity index (χ2v) is 4.49. The average molecular weight is 251 g/mol. The summed E-state index contributed by atoms with van der Waals surface area (Å²) in [5.41, 5.74) is 0.961. The van der Waals surface area contributed by atoms with Gasteiger partial charge in [-0.05, 0) is 18.6 Å². The molecule has 2 nitrogen and oxygen atoms in total. The van der Waals surface area contributed by atoms with Crippen molar-refractivity contribution in [2.24, 2.45) is 0 Å². The lowest BCUT2D eigenvalue weighted by atomic mass is 9.99. The first-order valence-corrected chi connectivity index (χ1v) is 6.14. The van der Waals surface area contributed by atoms with Crippen molar-refractivity contribution in [3.8, 4) is 11.5 Å². The molecule has 0 N–H and O–H groups in total. The van der Waals surface area contributed by atoms with E-state index >= 15 is 0 Å². The van der Waals surface area contributed by atoms with Crippen LogP contribution in [0, 0.1) is 6.92 Å². The van der Waals surface area contributed by atoms with Crippen molar-refractivity contribution < 1.29 is 9.47 Å². The minimum Gasteiger partial charge on any atom is -0.495 e. The van der Waals surface area contributed by atoms with Crippen LogP contribution in [0.4, 0.5) is 0 Å². The Morgan fingerprint density at radius 3 is 1.84 bits per heavy atom. The molecule has 0 fully saturated rings. The summed E-state index contributed by atoms with van der Waals surface area (Å²) >= 11 is 0. The van der Waals surface area contributed by atoms with Crippen LogP contribution < -0.4 is 9.47 Å². The van der Waals surface area contributed by atoms with E-state index in [-0.39, 0.29) is 0 Å². The van der Waals surface area contributed by atoms with Crippen molar-refractivity contribution in [1.82, 2.24) is 0 Å². The molecule has 0 saturated carbocycles. The van der Waals surface area contributed by atoms with E-state index in [0.717, 1.165) is 38.6 Å². The van der Waals surface area contributed by atoms with Gasteiger partial charge in [-0.15, -0.1) is 0 Å².